The van der Waals surface area contributed by atoms with Crippen molar-refractivity contribution in [1.82, 2.24) is 20.9 Å². The van der Waals surface area contributed by atoms with Crippen molar-refractivity contribution in [3.8, 4) is 0 Å². The van der Waals surface area contributed by atoms with Crippen LogP contribution >= 0.6 is 0 Å². The van der Waals surface area contributed by atoms with Crippen LogP contribution in [0.15, 0.2) is 12.2 Å². The second-order valence-corrected chi connectivity index (χ2v) is 7.12. The first kappa shape index (κ1) is 26.9. The molecule has 3 atom stereocenters. The molecule has 13 nitrogen and oxygen atoms in total. The number of ketones is 1. The van der Waals surface area contributed by atoms with Crippen molar-refractivity contribution >= 4 is 35.3 Å². The molecular weight excluding hydrogens is 424 g/mol. The standard InChI is InChI=1S/C19H30N6O7/c1-2-13(26)11(4-3-8-22-19(21)32)24-18(31)12(10-14(20)27)23-15(28)7-9-25-16(29)5-6-17(25)30/h5-6,11-12,19,22,32H,2-4,7-10,21H2,1H3,(H2,20,27)(H,23,28)(H,24,31)/t11-,12-,19?/m0/s1. The number of primary amides is 1. The van der Waals surface area contributed by atoms with Gasteiger partial charge in [0.2, 0.25) is 17.7 Å². The molecule has 1 heterocycles. The number of nitrogens with zero attached hydrogens (tertiary/aromatic N) is 1. The molecule has 0 radical (unpaired) electrons. The third-order valence-corrected chi connectivity index (χ3v) is 4.60. The van der Waals surface area contributed by atoms with Crippen molar-refractivity contribution in [2.24, 2.45) is 11.5 Å². The SMILES string of the molecule is CCC(=O)[C@H](CCCNC(N)O)NC(=O)[C@H](CC(N)=O)NC(=O)CCN1C(=O)C=CC1=O. The molecule has 0 aromatic rings. The second-order valence-electron chi connectivity index (χ2n) is 7.12. The molecule has 0 aromatic heterocycles. The van der Waals surface area contributed by atoms with Crippen LogP contribution in [-0.2, 0) is 28.8 Å². The summed E-state index contributed by atoms with van der Waals surface area (Å²) in [4.78, 5) is 72.4. The zero-order chi connectivity index (χ0) is 24.3. The lowest BCUT2D eigenvalue weighted by molar-refractivity contribution is -0.137. The van der Waals surface area contributed by atoms with Gasteiger partial charge in [-0.15, -0.1) is 0 Å². The molecule has 0 aromatic carbocycles. The number of Topliss-reactive ketones (excluding diaryl/α,β-unsaturated/α-hetero) is 1. The summed E-state index contributed by atoms with van der Waals surface area (Å²) >= 11 is 0. The fraction of sp³-hybridized carbons (Fsp3) is 0.579. The van der Waals surface area contributed by atoms with Crippen molar-refractivity contribution in [2.45, 2.75) is 57.5 Å². The van der Waals surface area contributed by atoms with Gasteiger partial charge in [-0.3, -0.25) is 44.7 Å². The minimum atomic E-state index is -1.33. The molecule has 1 rings (SSSR count). The summed E-state index contributed by atoms with van der Waals surface area (Å²) in [6, 6.07) is -2.21. The summed E-state index contributed by atoms with van der Waals surface area (Å²) in [6.45, 7) is 1.73. The topological polar surface area (TPSA) is 214 Å². The van der Waals surface area contributed by atoms with Gasteiger partial charge in [-0.2, -0.15) is 0 Å². The predicted molar refractivity (Wildman–Crippen MR) is 111 cm³/mol. The highest BCUT2D eigenvalue weighted by Crippen LogP contribution is 2.06. The van der Waals surface area contributed by atoms with Gasteiger partial charge in [-0.1, -0.05) is 6.92 Å². The van der Waals surface area contributed by atoms with E-state index in [0.717, 1.165) is 17.1 Å². The third kappa shape index (κ3) is 9.32. The number of carbonyl (C=O) groups excluding carboxylic acids is 6. The first-order valence-electron chi connectivity index (χ1n) is 10.2. The van der Waals surface area contributed by atoms with E-state index < -0.39 is 54.4 Å². The molecule has 1 aliphatic rings. The van der Waals surface area contributed by atoms with Crippen molar-refractivity contribution < 1.29 is 33.9 Å². The van der Waals surface area contributed by atoms with Gasteiger partial charge in [-0.25, -0.2) is 0 Å². The summed E-state index contributed by atoms with van der Waals surface area (Å²) in [7, 11) is 0. The number of amides is 5. The summed E-state index contributed by atoms with van der Waals surface area (Å²) in [5.74, 6) is -3.66. The number of hydrogen-bond acceptors (Lipinski definition) is 9. The van der Waals surface area contributed by atoms with Crippen molar-refractivity contribution in [2.75, 3.05) is 13.1 Å². The van der Waals surface area contributed by atoms with Crippen LogP contribution in [-0.4, -0.2) is 76.9 Å². The Balaban J connectivity index is 2.69. The number of rotatable bonds is 15. The van der Waals surface area contributed by atoms with Crippen molar-refractivity contribution in [1.29, 1.82) is 0 Å². The van der Waals surface area contributed by atoms with Crippen molar-refractivity contribution in [3.05, 3.63) is 12.2 Å². The van der Waals surface area contributed by atoms with Gasteiger partial charge in [0, 0.05) is 31.5 Å². The molecule has 5 amide bonds. The Morgan fingerprint density at radius 2 is 1.72 bits per heavy atom. The Morgan fingerprint density at radius 3 is 2.25 bits per heavy atom. The summed E-state index contributed by atoms with van der Waals surface area (Å²) < 4.78 is 0. The molecule has 13 heteroatoms. The molecule has 0 saturated heterocycles. The number of carbonyl (C=O) groups is 6. The molecule has 178 valence electrons. The van der Waals surface area contributed by atoms with Crippen LogP contribution in [0.4, 0.5) is 0 Å². The lowest BCUT2D eigenvalue weighted by atomic mass is 10.0. The zero-order valence-corrected chi connectivity index (χ0v) is 17.8. The number of nitrogens with one attached hydrogen (secondary N) is 3. The Morgan fingerprint density at radius 1 is 1.09 bits per heavy atom. The van der Waals surface area contributed by atoms with Crippen LogP contribution in [0.5, 0.6) is 0 Å². The van der Waals surface area contributed by atoms with Gasteiger partial charge >= 0.3 is 0 Å². The molecule has 0 aliphatic carbocycles. The third-order valence-electron chi connectivity index (χ3n) is 4.60. The van der Waals surface area contributed by atoms with E-state index in [1.54, 1.807) is 6.92 Å². The monoisotopic (exact) mass is 454 g/mol. The Bertz CT molecular complexity index is 749. The number of hydrogen-bond donors (Lipinski definition) is 6. The van der Waals surface area contributed by atoms with Gasteiger partial charge in [0.15, 0.2) is 12.1 Å². The maximum absolute atomic E-state index is 12.7. The van der Waals surface area contributed by atoms with Gasteiger partial charge in [-0.05, 0) is 19.4 Å². The maximum atomic E-state index is 12.7. The Hall–Kier alpha value is -3.16. The number of aliphatic hydroxyl groups excluding tert-OH is 1. The zero-order valence-electron chi connectivity index (χ0n) is 17.8. The van der Waals surface area contributed by atoms with E-state index >= 15 is 0 Å². The van der Waals surface area contributed by atoms with E-state index in [9.17, 15) is 28.8 Å². The molecule has 0 saturated carbocycles. The lowest BCUT2D eigenvalue weighted by Crippen LogP contribution is -2.53. The van der Waals surface area contributed by atoms with Gasteiger partial charge in [0.25, 0.3) is 11.8 Å². The first-order chi connectivity index (χ1) is 15.0. The van der Waals surface area contributed by atoms with E-state index in [2.05, 4.69) is 16.0 Å². The van der Waals surface area contributed by atoms with E-state index in [1.807, 2.05) is 0 Å². The van der Waals surface area contributed by atoms with Crippen LogP contribution < -0.4 is 27.4 Å². The average Bonchev–Trinajstić information content (AvgIpc) is 3.04. The molecule has 1 aliphatic heterocycles. The molecule has 0 fully saturated rings. The van der Waals surface area contributed by atoms with Crippen LogP contribution in [0, 0.1) is 0 Å². The fourth-order valence-corrected chi connectivity index (χ4v) is 2.93. The molecule has 1 unspecified atom stereocenters. The minimum absolute atomic E-state index is 0.149. The normalized spacial score (nSPS) is 15.9. The van der Waals surface area contributed by atoms with E-state index in [-0.39, 0.29) is 31.6 Å². The largest absolute Gasteiger partial charge is 0.370 e. The van der Waals surface area contributed by atoms with Crippen LogP contribution in [0.1, 0.15) is 39.0 Å². The maximum Gasteiger partial charge on any atom is 0.253 e. The smallest absolute Gasteiger partial charge is 0.253 e. The highest BCUT2D eigenvalue weighted by atomic mass is 16.3. The van der Waals surface area contributed by atoms with Crippen LogP contribution in [0.2, 0.25) is 0 Å². The van der Waals surface area contributed by atoms with Gasteiger partial charge in [0.1, 0.15) is 6.04 Å². The summed E-state index contributed by atoms with van der Waals surface area (Å²) in [5.41, 5.74) is 10.3. The molecule has 0 spiro atoms. The predicted octanol–water partition coefficient (Wildman–Crippen LogP) is -3.27. The molecule has 0 bridgehead atoms. The van der Waals surface area contributed by atoms with Gasteiger partial charge in [0.05, 0.1) is 12.5 Å². The average molecular weight is 454 g/mol. The van der Waals surface area contributed by atoms with Gasteiger partial charge < -0.3 is 21.5 Å². The lowest BCUT2D eigenvalue weighted by Gasteiger charge is -2.22. The van der Waals surface area contributed by atoms with E-state index in [0.29, 0.717) is 13.0 Å². The van der Waals surface area contributed by atoms with E-state index in [4.69, 9.17) is 16.6 Å². The van der Waals surface area contributed by atoms with Crippen LogP contribution in [0.3, 0.4) is 0 Å². The Kier molecular flexibility index (Phi) is 11.2. The summed E-state index contributed by atoms with van der Waals surface area (Å²) in [6.07, 6.45) is 0.959. The highest BCUT2D eigenvalue weighted by Gasteiger charge is 2.28. The van der Waals surface area contributed by atoms with Crippen molar-refractivity contribution in [3.63, 3.8) is 0 Å². The molecular formula is C19H30N6O7. The first-order valence-corrected chi connectivity index (χ1v) is 10.2. The molecule has 8 N–H and O–H groups in total. The summed E-state index contributed by atoms with van der Waals surface area (Å²) in [5, 5.41) is 16.4. The van der Waals surface area contributed by atoms with E-state index in [1.165, 1.54) is 0 Å². The quantitative estimate of drug-likeness (QED) is 0.0830. The number of aliphatic hydroxyl groups is 1. The minimum Gasteiger partial charge on any atom is -0.370 e. The Labute approximate surface area is 184 Å². The number of imide groups is 1. The molecule has 32 heavy (non-hydrogen) atoms. The number of nitrogens with two attached hydrogens (primary N) is 2. The fourth-order valence-electron chi connectivity index (χ4n) is 2.93. The van der Waals surface area contributed by atoms with Crippen LogP contribution in [0.25, 0.3) is 0 Å². The highest BCUT2D eigenvalue weighted by molar-refractivity contribution is 6.13. The second kappa shape index (κ2) is 13.3.